The summed E-state index contributed by atoms with van der Waals surface area (Å²) >= 11 is 0. The van der Waals surface area contributed by atoms with Crippen molar-refractivity contribution >= 4 is 22.5 Å². The number of anilines is 1. The average Bonchev–Trinajstić information content (AvgIpc) is 2.61. The zero-order chi connectivity index (χ0) is 16.1. The molecule has 0 heterocycles. The van der Waals surface area contributed by atoms with Crippen LogP contribution in [0, 0.1) is 11.3 Å². The monoisotopic (exact) mass is 301 g/mol. The molecule has 0 saturated carbocycles. The summed E-state index contributed by atoms with van der Waals surface area (Å²) < 4.78 is 0. The second-order valence-corrected chi connectivity index (χ2v) is 5.14. The molecule has 3 aromatic carbocycles. The van der Waals surface area contributed by atoms with Gasteiger partial charge in [-0.2, -0.15) is 5.26 Å². The van der Waals surface area contributed by atoms with Gasteiger partial charge in [-0.05, 0) is 29.1 Å². The molecule has 3 rings (SSSR count). The fourth-order valence-electron chi connectivity index (χ4n) is 2.38. The Kier molecular flexibility index (Phi) is 4.21. The van der Waals surface area contributed by atoms with Crippen LogP contribution in [0.15, 0.2) is 66.7 Å². The van der Waals surface area contributed by atoms with Gasteiger partial charge in [0.25, 0.3) is 0 Å². The Hall–Kier alpha value is -3.32. The lowest BCUT2D eigenvalue weighted by atomic mass is 10.1. The summed E-state index contributed by atoms with van der Waals surface area (Å²) in [4.78, 5) is 12.1. The van der Waals surface area contributed by atoms with E-state index in [1.165, 1.54) is 0 Å². The first-order valence-corrected chi connectivity index (χ1v) is 7.28. The van der Waals surface area contributed by atoms with Crippen molar-refractivity contribution in [2.45, 2.75) is 6.54 Å². The fourth-order valence-corrected chi connectivity index (χ4v) is 2.38. The molecule has 4 heteroatoms. The highest BCUT2D eigenvalue weighted by Gasteiger charge is 2.05. The Balaban J connectivity index is 1.65. The van der Waals surface area contributed by atoms with Crippen LogP contribution in [0.3, 0.4) is 0 Å². The lowest BCUT2D eigenvalue weighted by molar-refractivity contribution is 0.252. The van der Waals surface area contributed by atoms with Gasteiger partial charge in [0.2, 0.25) is 0 Å². The van der Waals surface area contributed by atoms with Gasteiger partial charge >= 0.3 is 6.03 Å². The summed E-state index contributed by atoms with van der Waals surface area (Å²) in [5.74, 6) is 0. The van der Waals surface area contributed by atoms with Crippen molar-refractivity contribution in [1.29, 1.82) is 5.26 Å². The lowest BCUT2D eigenvalue weighted by Crippen LogP contribution is -2.28. The van der Waals surface area contributed by atoms with Crippen molar-refractivity contribution in [2.24, 2.45) is 0 Å². The van der Waals surface area contributed by atoms with Gasteiger partial charge in [-0.3, -0.25) is 0 Å². The summed E-state index contributed by atoms with van der Waals surface area (Å²) in [6, 6.07) is 22.6. The Morgan fingerprint density at radius 1 is 0.957 bits per heavy atom. The third-order valence-corrected chi connectivity index (χ3v) is 3.57. The molecule has 0 atom stereocenters. The first-order chi connectivity index (χ1) is 11.3. The van der Waals surface area contributed by atoms with Crippen LogP contribution in [0.4, 0.5) is 10.5 Å². The minimum Gasteiger partial charge on any atom is -0.334 e. The third kappa shape index (κ3) is 3.47. The molecule has 2 amide bonds. The van der Waals surface area contributed by atoms with Crippen molar-refractivity contribution < 1.29 is 4.79 Å². The number of fused-ring (bicyclic) bond motifs is 1. The third-order valence-electron chi connectivity index (χ3n) is 3.57. The molecule has 0 saturated heterocycles. The number of carbonyl (C=O) groups is 1. The number of nitriles is 1. The fraction of sp³-hybridized carbons (Fsp3) is 0.0526. The van der Waals surface area contributed by atoms with E-state index in [4.69, 9.17) is 5.26 Å². The van der Waals surface area contributed by atoms with Crippen LogP contribution in [0.5, 0.6) is 0 Å². The molecule has 0 aliphatic heterocycles. The Labute approximate surface area is 134 Å². The number of carbonyl (C=O) groups excluding carboxylic acids is 1. The van der Waals surface area contributed by atoms with Crippen molar-refractivity contribution in [3.63, 3.8) is 0 Å². The predicted octanol–water partition coefficient (Wildman–Crippen LogP) is 4.03. The summed E-state index contributed by atoms with van der Waals surface area (Å²) in [5.41, 5.74) is 2.33. The second kappa shape index (κ2) is 6.63. The second-order valence-electron chi connectivity index (χ2n) is 5.14. The number of amides is 2. The van der Waals surface area contributed by atoms with Gasteiger partial charge in [-0.15, -0.1) is 0 Å². The maximum absolute atomic E-state index is 12.1. The van der Waals surface area contributed by atoms with E-state index in [1.54, 1.807) is 12.1 Å². The van der Waals surface area contributed by atoms with Crippen LogP contribution in [-0.2, 0) is 6.54 Å². The van der Waals surface area contributed by atoms with E-state index in [1.807, 2.05) is 54.6 Å². The molecule has 2 N–H and O–H groups in total. The van der Waals surface area contributed by atoms with E-state index in [0.717, 1.165) is 22.0 Å². The van der Waals surface area contributed by atoms with Crippen LogP contribution < -0.4 is 10.6 Å². The molecule has 0 fully saturated rings. The largest absolute Gasteiger partial charge is 0.334 e. The van der Waals surface area contributed by atoms with E-state index < -0.39 is 0 Å². The molecule has 0 aliphatic rings. The molecule has 3 aromatic rings. The summed E-state index contributed by atoms with van der Waals surface area (Å²) in [6.45, 7) is 0.405. The highest BCUT2D eigenvalue weighted by molar-refractivity contribution is 6.01. The van der Waals surface area contributed by atoms with Gasteiger partial charge in [0.05, 0.1) is 17.3 Å². The smallest absolute Gasteiger partial charge is 0.319 e. The minimum atomic E-state index is -0.259. The van der Waals surface area contributed by atoms with Crippen LogP contribution in [-0.4, -0.2) is 6.03 Å². The van der Waals surface area contributed by atoms with Gasteiger partial charge in [0, 0.05) is 11.9 Å². The molecule has 0 bridgehead atoms. The maximum Gasteiger partial charge on any atom is 0.319 e. The van der Waals surface area contributed by atoms with Crippen molar-refractivity contribution in [1.82, 2.24) is 5.32 Å². The molecular weight excluding hydrogens is 286 g/mol. The highest BCUT2D eigenvalue weighted by atomic mass is 16.2. The van der Waals surface area contributed by atoms with Crippen LogP contribution in [0.2, 0.25) is 0 Å². The van der Waals surface area contributed by atoms with Gasteiger partial charge in [-0.25, -0.2) is 4.79 Å². The minimum absolute atomic E-state index is 0.259. The molecule has 0 radical (unpaired) electrons. The number of nitrogens with zero attached hydrogens (tertiary/aromatic N) is 1. The van der Waals surface area contributed by atoms with E-state index in [-0.39, 0.29) is 6.03 Å². The normalized spacial score (nSPS) is 10.0. The summed E-state index contributed by atoms with van der Waals surface area (Å²) in [5, 5.41) is 16.5. The first-order valence-electron chi connectivity index (χ1n) is 7.28. The van der Waals surface area contributed by atoms with Crippen molar-refractivity contribution in [3.05, 3.63) is 77.9 Å². The Morgan fingerprint density at radius 3 is 2.48 bits per heavy atom. The number of nitrogens with one attached hydrogen (secondary N) is 2. The van der Waals surface area contributed by atoms with Crippen LogP contribution in [0.1, 0.15) is 11.1 Å². The van der Waals surface area contributed by atoms with E-state index in [2.05, 4.69) is 16.7 Å². The molecular formula is C19H15N3O. The molecule has 4 nitrogen and oxygen atoms in total. The predicted molar refractivity (Wildman–Crippen MR) is 91.0 cm³/mol. The average molecular weight is 301 g/mol. The number of hydrogen-bond donors (Lipinski definition) is 2. The lowest BCUT2D eigenvalue weighted by Gasteiger charge is -2.10. The summed E-state index contributed by atoms with van der Waals surface area (Å²) in [6.07, 6.45) is 0. The van der Waals surface area contributed by atoms with Gasteiger partial charge in [-0.1, -0.05) is 48.5 Å². The zero-order valence-corrected chi connectivity index (χ0v) is 12.4. The topological polar surface area (TPSA) is 64.9 Å². The standard InChI is InChI=1S/C19H15N3O/c20-12-14-8-10-15(11-9-14)13-21-19(23)22-18-7-3-5-16-4-1-2-6-17(16)18/h1-11H,13H2,(H2,21,22,23). The van der Waals surface area contributed by atoms with Crippen LogP contribution >= 0.6 is 0 Å². The molecule has 23 heavy (non-hydrogen) atoms. The molecule has 0 aromatic heterocycles. The number of urea groups is 1. The number of hydrogen-bond acceptors (Lipinski definition) is 2. The molecule has 0 unspecified atom stereocenters. The maximum atomic E-state index is 12.1. The summed E-state index contributed by atoms with van der Waals surface area (Å²) in [7, 11) is 0. The van der Waals surface area contributed by atoms with Crippen molar-refractivity contribution in [3.8, 4) is 6.07 Å². The quantitative estimate of drug-likeness (QED) is 0.767. The van der Waals surface area contributed by atoms with Gasteiger partial charge < -0.3 is 10.6 Å². The van der Waals surface area contributed by atoms with Gasteiger partial charge in [0.15, 0.2) is 0 Å². The van der Waals surface area contributed by atoms with Gasteiger partial charge in [0.1, 0.15) is 0 Å². The van der Waals surface area contributed by atoms with Crippen molar-refractivity contribution in [2.75, 3.05) is 5.32 Å². The molecule has 0 spiro atoms. The SMILES string of the molecule is N#Cc1ccc(CNC(=O)Nc2cccc3ccccc23)cc1. The van der Waals surface area contributed by atoms with Crippen LogP contribution in [0.25, 0.3) is 10.8 Å². The van der Waals surface area contributed by atoms with E-state index in [0.29, 0.717) is 12.1 Å². The first kappa shape index (κ1) is 14.6. The van der Waals surface area contributed by atoms with E-state index >= 15 is 0 Å². The Morgan fingerprint density at radius 2 is 1.70 bits per heavy atom. The highest BCUT2D eigenvalue weighted by Crippen LogP contribution is 2.22. The number of benzene rings is 3. The molecule has 112 valence electrons. The Bertz CT molecular complexity index is 874. The van der Waals surface area contributed by atoms with E-state index in [9.17, 15) is 4.79 Å². The zero-order valence-electron chi connectivity index (χ0n) is 12.4. The number of rotatable bonds is 3. The molecule has 0 aliphatic carbocycles.